The first kappa shape index (κ1) is 30.5. The topological polar surface area (TPSA) is 201 Å². The van der Waals surface area contributed by atoms with Crippen LogP contribution < -0.4 is 31.3 Å². The number of fused-ring (bicyclic) bond motifs is 2. The SMILES string of the molecule is CCn1cc(C(=O)O)c(=O)c2cnc(N3CCNCC3)nc21.CCn1cc(C(=O)O)c(=O)c2cnc(N3CCNCC3)nc21. The molecule has 16 nitrogen and oxygen atoms in total. The van der Waals surface area contributed by atoms with Crippen LogP contribution in [0.4, 0.5) is 11.9 Å². The Morgan fingerprint density at radius 2 is 1.07 bits per heavy atom. The molecule has 6 heterocycles. The van der Waals surface area contributed by atoms with E-state index in [4.69, 9.17) is 10.2 Å². The van der Waals surface area contributed by atoms with Crippen LogP contribution in [0.2, 0.25) is 0 Å². The number of pyridine rings is 2. The van der Waals surface area contributed by atoms with Crippen molar-refractivity contribution >= 4 is 45.9 Å². The highest BCUT2D eigenvalue weighted by atomic mass is 16.4. The molecule has 0 unspecified atom stereocenters. The fraction of sp³-hybridized carbons (Fsp3) is 0.429. The molecule has 0 aromatic carbocycles. The lowest BCUT2D eigenvalue weighted by atomic mass is 10.2. The number of piperazine rings is 2. The van der Waals surface area contributed by atoms with Crippen molar-refractivity contribution in [1.29, 1.82) is 0 Å². The third kappa shape index (κ3) is 6.07. The Morgan fingerprint density at radius 1 is 0.705 bits per heavy atom. The average molecular weight is 607 g/mol. The molecule has 2 saturated heterocycles. The van der Waals surface area contributed by atoms with Gasteiger partial charge in [-0.25, -0.2) is 19.6 Å². The molecule has 0 aliphatic carbocycles. The number of anilines is 2. The predicted octanol–water partition coefficient (Wildman–Crippen LogP) is -0.162. The van der Waals surface area contributed by atoms with Crippen molar-refractivity contribution < 1.29 is 19.8 Å². The van der Waals surface area contributed by atoms with Crippen molar-refractivity contribution in [3.63, 3.8) is 0 Å². The van der Waals surface area contributed by atoms with Crippen LogP contribution in [0.3, 0.4) is 0 Å². The Kier molecular flexibility index (Phi) is 9.10. The van der Waals surface area contributed by atoms with Gasteiger partial charge in [-0.2, -0.15) is 9.97 Å². The molecule has 4 aromatic rings. The second-order valence-electron chi connectivity index (χ2n) is 10.2. The van der Waals surface area contributed by atoms with Gasteiger partial charge in [0, 0.05) is 90.2 Å². The van der Waals surface area contributed by atoms with Crippen molar-refractivity contribution in [3.05, 3.63) is 56.4 Å². The van der Waals surface area contributed by atoms with Gasteiger partial charge in [-0.3, -0.25) is 9.59 Å². The number of hydrogen-bond donors (Lipinski definition) is 4. The first-order valence-electron chi connectivity index (χ1n) is 14.4. The van der Waals surface area contributed by atoms with Crippen molar-refractivity contribution in [2.45, 2.75) is 26.9 Å². The maximum atomic E-state index is 12.2. The van der Waals surface area contributed by atoms with Gasteiger partial charge in [0.15, 0.2) is 0 Å². The lowest BCUT2D eigenvalue weighted by Crippen LogP contribution is -2.44. The number of rotatable bonds is 6. The highest BCUT2D eigenvalue weighted by Crippen LogP contribution is 2.16. The third-order valence-electron chi connectivity index (χ3n) is 7.55. The Bertz CT molecular complexity index is 1690. The Morgan fingerprint density at radius 3 is 1.39 bits per heavy atom. The molecule has 2 aliphatic heterocycles. The summed E-state index contributed by atoms with van der Waals surface area (Å²) in [6.45, 7) is 11.4. The number of hydrogen-bond acceptors (Lipinski definition) is 12. The predicted molar refractivity (Wildman–Crippen MR) is 163 cm³/mol. The minimum absolute atomic E-state index is 0.237. The van der Waals surface area contributed by atoms with Crippen LogP contribution in [0.1, 0.15) is 34.6 Å². The molecule has 0 bridgehead atoms. The van der Waals surface area contributed by atoms with Crippen LogP contribution in [0.15, 0.2) is 34.4 Å². The van der Waals surface area contributed by atoms with E-state index >= 15 is 0 Å². The molecule has 0 amide bonds. The third-order valence-corrected chi connectivity index (χ3v) is 7.55. The van der Waals surface area contributed by atoms with E-state index in [0.717, 1.165) is 52.4 Å². The number of carbonyl (C=O) groups is 2. The molecule has 16 heteroatoms. The fourth-order valence-electron chi connectivity index (χ4n) is 5.15. The maximum Gasteiger partial charge on any atom is 0.341 e. The van der Waals surface area contributed by atoms with E-state index in [-0.39, 0.29) is 21.9 Å². The summed E-state index contributed by atoms with van der Waals surface area (Å²) in [4.78, 5) is 68.4. The molecule has 232 valence electrons. The normalized spacial score (nSPS) is 15.2. The minimum Gasteiger partial charge on any atom is -0.477 e. The smallest absolute Gasteiger partial charge is 0.341 e. The first-order chi connectivity index (χ1) is 21.2. The zero-order valence-electron chi connectivity index (χ0n) is 24.5. The maximum absolute atomic E-state index is 12.2. The molecule has 4 N–H and O–H groups in total. The number of carboxylic acids is 2. The molecule has 0 atom stereocenters. The zero-order valence-corrected chi connectivity index (χ0v) is 24.5. The van der Waals surface area contributed by atoms with Gasteiger partial charge in [0.05, 0.1) is 10.8 Å². The van der Waals surface area contributed by atoms with Crippen molar-refractivity contribution in [2.75, 3.05) is 62.2 Å². The van der Waals surface area contributed by atoms with Crippen LogP contribution in [0, 0.1) is 0 Å². The van der Waals surface area contributed by atoms with Gasteiger partial charge >= 0.3 is 11.9 Å². The average Bonchev–Trinajstić information content (AvgIpc) is 3.05. The Hall–Kier alpha value is -4.96. The number of carboxylic acid groups (broad SMARTS) is 2. The van der Waals surface area contributed by atoms with E-state index in [1.807, 2.05) is 23.6 Å². The first-order valence-corrected chi connectivity index (χ1v) is 14.4. The van der Waals surface area contributed by atoms with Crippen molar-refractivity contribution in [2.24, 2.45) is 0 Å². The summed E-state index contributed by atoms with van der Waals surface area (Å²) in [5.41, 5.74) is -0.652. The van der Waals surface area contributed by atoms with E-state index in [9.17, 15) is 19.2 Å². The summed E-state index contributed by atoms with van der Waals surface area (Å²) in [5, 5.41) is 25.3. The van der Waals surface area contributed by atoms with E-state index in [0.29, 0.717) is 36.3 Å². The number of aryl methyl sites for hydroxylation is 2. The van der Waals surface area contributed by atoms with Crippen LogP contribution in [-0.2, 0) is 13.1 Å². The van der Waals surface area contributed by atoms with Crippen LogP contribution in [0.25, 0.3) is 22.1 Å². The molecule has 0 saturated carbocycles. The molecule has 2 fully saturated rings. The van der Waals surface area contributed by atoms with E-state index in [1.165, 1.54) is 24.8 Å². The minimum atomic E-state index is -1.24. The van der Waals surface area contributed by atoms with Crippen molar-refractivity contribution in [3.8, 4) is 0 Å². The van der Waals surface area contributed by atoms with Gasteiger partial charge in [0.2, 0.25) is 22.8 Å². The summed E-state index contributed by atoms with van der Waals surface area (Å²) in [7, 11) is 0. The molecule has 44 heavy (non-hydrogen) atoms. The summed E-state index contributed by atoms with van der Waals surface area (Å²) in [6, 6.07) is 0. The quantitative estimate of drug-likeness (QED) is 0.225. The summed E-state index contributed by atoms with van der Waals surface area (Å²) >= 11 is 0. The van der Waals surface area contributed by atoms with Gasteiger partial charge in [-0.05, 0) is 13.8 Å². The van der Waals surface area contributed by atoms with E-state index in [1.54, 1.807) is 9.13 Å². The number of aromatic carboxylic acids is 2. The lowest BCUT2D eigenvalue weighted by Gasteiger charge is -2.27. The zero-order chi connectivity index (χ0) is 31.4. The summed E-state index contributed by atoms with van der Waals surface area (Å²) in [5.74, 6) is -1.34. The van der Waals surface area contributed by atoms with Crippen LogP contribution in [0.5, 0.6) is 0 Å². The van der Waals surface area contributed by atoms with Gasteiger partial charge in [0.1, 0.15) is 22.4 Å². The summed E-state index contributed by atoms with van der Waals surface area (Å²) < 4.78 is 3.35. The molecular formula is C28H34N10O6. The van der Waals surface area contributed by atoms with E-state index in [2.05, 4.69) is 30.6 Å². The molecule has 0 radical (unpaired) electrons. The second kappa shape index (κ2) is 13.1. The standard InChI is InChI=1S/2C14H17N5O3/c2*1-2-18-8-10(13(21)22)11(20)9-7-16-14(17-12(9)18)19-5-3-15-4-6-19/h2*7-8,15H,2-6H2,1H3,(H,21,22). The van der Waals surface area contributed by atoms with Crippen molar-refractivity contribution in [1.82, 2.24) is 39.7 Å². The monoisotopic (exact) mass is 606 g/mol. The van der Waals surface area contributed by atoms with Gasteiger partial charge in [-0.15, -0.1) is 0 Å². The van der Waals surface area contributed by atoms with Gasteiger partial charge in [-0.1, -0.05) is 0 Å². The number of aromatic nitrogens is 6. The van der Waals surface area contributed by atoms with Crippen LogP contribution >= 0.6 is 0 Å². The second-order valence-corrected chi connectivity index (χ2v) is 10.2. The summed E-state index contributed by atoms with van der Waals surface area (Å²) in [6.07, 6.45) is 5.56. The highest BCUT2D eigenvalue weighted by molar-refractivity contribution is 5.92. The molecule has 4 aromatic heterocycles. The molecular weight excluding hydrogens is 572 g/mol. The Balaban J connectivity index is 0.000000175. The van der Waals surface area contributed by atoms with Gasteiger partial charge < -0.3 is 39.8 Å². The largest absolute Gasteiger partial charge is 0.477 e. The molecule has 2 aliphatic rings. The molecule has 6 rings (SSSR count). The highest BCUT2D eigenvalue weighted by Gasteiger charge is 2.20. The lowest BCUT2D eigenvalue weighted by molar-refractivity contribution is 0.0684. The van der Waals surface area contributed by atoms with Gasteiger partial charge in [0.25, 0.3) is 0 Å². The number of nitrogens with one attached hydrogen (secondary N) is 2. The van der Waals surface area contributed by atoms with Crippen LogP contribution in [-0.4, -0.2) is 104 Å². The Labute approximate surface area is 251 Å². The molecule has 0 spiro atoms. The number of nitrogens with zero attached hydrogens (tertiary/aromatic N) is 8. The fourth-order valence-corrected chi connectivity index (χ4v) is 5.15. The van der Waals surface area contributed by atoms with E-state index < -0.39 is 22.8 Å².